The highest BCUT2D eigenvalue weighted by Crippen LogP contribution is 2.32. The van der Waals surface area contributed by atoms with Crippen LogP contribution < -0.4 is 4.90 Å². The van der Waals surface area contributed by atoms with Crippen LogP contribution >= 0.6 is 0 Å². The normalized spacial score (nSPS) is 22.6. The zero-order valence-corrected chi connectivity index (χ0v) is 14.4. The van der Waals surface area contributed by atoms with Gasteiger partial charge in [0, 0.05) is 31.2 Å². The Kier molecular flexibility index (Phi) is 4.49. The minimum absolute atomic E-state index is 0.389. The third kappa shape index (κ3) is 3.67. The van der Waals surface area contributed by atoms with E-state index in [2.05, 4.69) is 61.9 Å². The van der Waals surface area contributed by atoms with Gasteiger partial charge in [-0.1, -0.05) is 44.2 Å². The highest BCUT2D eigenvalue weighted by molar-refractivity contribution is 5.92. The minimum Gasteiger partial charge on any atom is -0.305 e. The molecule has 2 nitrogen and oxygen atoms in total. The predicted molar refractivity (Wildman–Crippen MR) is 92.4 cm³/mol. The molecule has 3 rings (SSSR count). The molecule has 0 saturated carbocycles. The Morgan fingerprint density at radius 1 is 1.05 bits per heavy atom. The molecule has 1 aromatic carbocycles. The molecular weight excluding hydrogens is 268 g/mol. The Morgan fingerprint density at radius 3 is 2.41 bits per heavy atom. The molecular formula is C20H30N2+2. The molecule has 0 bridgehead atoms. The zero-order valence-electron chi connectivity index (χ0n) is 14.4. The van der Waals surface area contributed by atoms with E-state index >= 15 is 0 Å². The summed E-state index contributed by atoms with van der Waals surface area (Å²) in [5.74, 6) is 0. The van der Waals surface area contributed by atoms with Gasteiger partial charge in [-0.05, 0) is 5.41 Å². The summed E-state index contributed by atoms with van der Waals surface area (Å²) in [6.07, 6.45) is 7.67. The average molecular weight is 298 g/mol. The molecule has 1 unspecified atom stereocenters. The van der Waals surface area contributed by atoms with Crippen LogP contribution in [-0.2, 0) is 6.54 Å². The van der Waals surface area contributed by atoms with Crippen molar-refractivity contribution < 1.29 is 9.48 Å². The lowest BCUT2D eigenvalue weighted by molar-refractivity contribution is -0.856. The molecule has 1 aromatic rings. The largest absolute Gasteiger partial charge is 0.305 e. The van der Waals surface area contributed by atoms with Crippen molar-refractivity contribution in [2.45, 2.75) is 46.1 Å². The third-order valence-electron chi connectivity index (χ3n) is 5.04. The van der Waals surface area contributed by atoms with Gasteiger partial charge in [0.15, 0.2) is 5.71 Å². The van der Waals surface area contributed by atoms with Crippen LogP contribution in [0, 0.1) is 5.41 Å². The lowest BCUT2D eigenvalue weighted by Crippen LogP contribution is -3.06. The Balaban J connectivity index is 1.82. The lowest BCUT2D eigenvalue weighted by Gasteiger charge is -2.30. The van der Waals surface area contributed by atoms with Crippen LogP contribution in [0.4, 0.5) is 0 Å². The van der Waals surface area contributed by atoms with Gasteiger partial charge >= 0.3 is 0 Å². The summed E-state index contributed by atoms with van der Waals surface area (Å²) >= 11 is 0. The summed E-state index contributed by atoms with van der Waals surface area (Å²) < 4.78 is 2.62. The van der Waals surface area contributed by atoms with Crippen molar-refractivity contribution in [3.63, 3.8) is 0 Å². The molecule has 0 spiro atoms. The molecule has 1 atom stereocenters. The molecule has 1 heterocycles. The second-order valence-electron chi connectivity index (χ2n) is 7.82. The Hall–Kier alpha value is -1.41. The van der Waals surface area contributed by atoms with Crippen molar-refractivity contribution in [1.29, 1.82) is 0 Å². The van der Waals surface area contributed by atoms with Gasteiger partial charge in [0.2, 0.25) is 0 Å². The van der Waals surface area contributed by atoms with Crippen LogP contribution in [0.3, 0.4) is 0 Å². The van der Waals surface area contributed by atoms with Crippen molar-refractivity contribution >= 4 is 5.71 Å². The first-order valence-corrected chi connectivity index (χ1v) is 8.72. The molecule has 1 fully saturated rings. The fourth-order valence-corrected chi connectivity index (χ4v) is 3.87. The molecule has 0 radical (unpaired) electrons. The molecule has 1 saturated heterocycles. The fourth-order valence-electron chi connectivity index (χ4n) is 3.87. The fraction of sp³-hybridized carbons (Fsp3) is 0.550. The van der Waals surface area contributed by atoms with Crippen LogP contribution in [0.5, 0.6) is 0 Å². The van der Waals surface area contributed by atoms with E-state index in [1.807, 2.05) is 0 Å². The first-order valence-electron chi connectivity index (χ1n) is 8.72. The summed E-state index contributed by atoms with van der Waals surface area (Å²) in [7, 11) is 2.32. The maximum Gasteiger partial charge on any atom is 0.182 e. The number of benzene rings is 1. The van der Waals surface area contributed by atoms with Crippen LogP contribution in [0.25, 0.3) is 0 Å². The first-order chi connectivity index (χ1) is 10.5. The van der Waals surface area contributed by atoms with E-state index in [4.69, 9.17) is 0 Å². The van der Waals surface area contributed by atoms with Crippen LogP contribution in [-0.4, -0.2) is 30.4 Å². The molecule has 0 amide bonds. The zero-order chi connectivity index (χ0) is 15.6. The molecule has 0 aromatic heterocycles. The standard InChI is InChI=1S/C20H29N2/c1-20(2)14-18(13-19(15-20)22-11-7-8-12-22)21(3)16-17-9-5-4-6-10-17/h4-6,9-10,13H,7-8,11-12,14-16H2,1-3H3/q+1/p+1. The molecule has 2 aliphatic rings. The molecule has 2 heteroatoms. The Bertz CT molecular complexity index is 573. The smallest absolute Gasteiger partial charge is 0.182 e. The number of nitrogens with zero attached hydrogens (tertiary/aromatic N) is 1. The minimum atomic E-state index is 0.389. The third-order valence-corrected chi connectivity index (χ3v) is 5.04. The topological polar surface area (TPSA) is 7.45 Å². The number of quaternary nitrogens is 1. The van der Waals surface area contributed by atoms with Crippen LogP contribution in [0.1, 0.15) is 45.1 Å². The van der Waals surface area contributed by atoms with E-state index in [-0.39, 0.29) is 0 Å². The first kappa shape index (κ1) is 15.5. The maximum atomic E-state index is 2.62. The van der Waals surface area contributed by atoms with E-state index < -0.39 is 0 Å². The van der Waals surface area contributed by atoms with E-state index in [9.17, 15) is 0 Å². The van der Waals surface area contributed by atoms with Crippen LogP contribution in [0.15, 0.2) is 42.1 Å². The van der Waals surface area contributed by atoms with Crippen molar-refractivity contribution in [3.8, 4) is 0 Å². The second-order valence-corrected chi connectivity index (χ2v) is 7.82. The summed E-state index contributed by atoms with van der Waals surface area (Å²) in [6, 6.07) is 10.9. The molecule has 22 heavy (non-hydrogen) atoms. The SMILES string of the molecule is C[NH+](Cc1ccccc1)C1=CC(=[N+]2CCCC2)CC(C)(C)C1. The number of hydrogen-bond donors (Lipinski definition) is 1. The molecule has 1 aliphatic heterocycles. The van der Waals surface area contributed by atoms with Gasteiger partial charge in [0.1, 0.15) is 25.3 Å². The van der Waals surface area contributed by atoms with E-state index in [1.54, 1.807) is 11.4 Å². The van der Waals surface area contributed by atoms with E-state index in [0.717, 1.165) is 6.54 Å². The van der Waals surface area contributed by atoms with Crippen LogP contribution in [0.2, 0.25) is 0 Å². The molecule has 1 N–H and O–H groups in total. The van der Waals surface area contributed by atoms with Gasteiger partial charge in [0.05, 0.1) is 13.1 Å². The summed E-state index contributed by atoms with van der Waals surface area (Å²) in [4.78, 5) is 1.54. The number of allylic oxidation sites excluding steroid dienone is 2. The summed E-state index contributed by atoms with van der Waals surface area (Å²) in [5.41, 5.74) is 4.96. The number of hydrogen-bond acceptors (Lipinski definition) is 0. The second kappa shape index (κ2) is 6.37. The van der Waals surface area contributed by atoms with Gasteiger partial charge in [-0.15, -0.1) is 0 Å². The van der Waals surface area contributed by atoms with Gasteiger partial charge in [-0.2, -0.15) is 0 Å². The van der Waals surface area contributed by atoms with Gasteiger partial charge in [-0.3, -0.25) is 0 Å². The predicted octanol–water partition coefficient (Wildman–Crippen LogP) is 2.65. The van der Waals surface area contributed by atoms with Crippen molar-refractivity contribution in [2.75, 3.05) is 20.1 Å². The van der Waals surface area contributed by atoms with E-state index in [0.29, 0.717) is 5.41 Å². The summed E-state index contributed by atoms with van der Waals surface area (Å²) in [5, 5.41) is 0. The van der Waals surface area contributed by atoms with Gasteiger partial charge in [-0.25, -0.2) is 4.58 Å². The van der Waals surface area contributed by atoms with Gasteiger partial charge < -0.3 is 4.90 Å². The summed E-state index contributed by atoms with van der Waals surface area (Å²) in [6.45, 7) is 8.44. The highest BCUT2D eigenvalue weighted by atomic mass is 15.1. The van der Waals surface area contributed by atoms with Crippen molar-refractivity contribution in [3.05, 3.63) is 47.7 Å². The quantitative estimate of drug-likeness (QED) is 0.821. The van der Waals surface area contributed by atoms with Crippen molar-refractivity contribution in [1.82, 2.24) is 0 Å². The lowest BCUT2D eigenvalue weighted by atomic mass is 9.78. The number of nitrogens with one attached hydrogen (secondary N) is 1. The Labute approximate surface area is 135 Å². The monoisotopic (exact) mass is 298 g/mol. The average Bonchev–Trinajstić information content (AvgIpc) is 3.01. The van der Waals surface area contributed by atoms with Gasteiger partial charge in [0.25, 0.3) is 0 Å². The maximum absolute atomic E-state index is 2.62. The molecule has 118 valence electrons. The van der Waals surface area contributed by atoms with Crippen molar-refractivity contribution in [2.24, 2.45) is 5.41 Å². The number of rotatable bonds is 3. The molecule has 1 aliphatic carbocycles. The van der Waals surface area contributed by atoms with E-state index in [1.165, 1.54) is 49.2 Å². The Morgan fingerprint density at radius 2 is 1.73 bits per heavy atom. The highest BCUT2D eigenvalue weighted by Gasteiger charge is 2.35.